The van der Waals surface area contributed by atoms with Crippen molar-refractivity contribution in [3.05, 3.63) is 23.2 Å². The molecule has 0 saturated carbocycles. The molecule has 0 atom stereocenters. The summed E-state index contributed by atoms with van der Waals surface area (Å²) in [6.45, 7) is 3.94. The number of unbranched alkanes of at least 4 members (excludes halogenated alkanes) is 1. The van der Waals surface area contributed by atoms with E-state index in [9.17, 15) is 4.79 Å². The lowest BCUT2D eigenvalue weighted by atomic mass is 10.2. The van der Waals surface area contributed by atoms with Crippen molar-refractivity contribution in [2.75, 3.05) is 5.75 Å². The summed E-state index contributed by atoms with van der Waals surface area (Å²) in [5, 5.41) is 0. The van der Waals surface area contributed by atoms with Crippen LogP contribution in [0.3, 0.4) is 0 Å². The molecule has 1 aromatic heterocycles. The number of nitrogens with two attached hydrogens (primary N) is 1. The number of furan rings is 1. The van der Waals surface area contributed by atoms with Crippen molar-refractivity contribution in [2.45, 2.75) is 32.4 Å². The third kappa shape index (κ3) is 3.57. The predicted octanol–water partition coefficient (Wildman–Crippen LogP) is 2.22. The van der Waals surface area contributed by atoms with Gasteiger partial charge in [-0.3, -0.25) is 10.2 Å². The number of hydrogen-bond acceptors (Lipinski definition) is 4. The van der Waals surface area contributed by atoms with Crippen LogP contribution in [0.2, 0.25) is 0 Å². The second-order valence-electron chi connectivity index (χ2n) is 3.56. The van der Waals surface area contributed by atoms with Crippen molar-refractivity contribution in [3.8, 4) is 0 Å². The first-order chi connectivity index (χ1) is 7.69. The molecule has 1 rings (SSSR count). The van der Waals surface area contributed by atoms with Crippen molar-refractivity contribution in [1.82, 2.24) is 5.43 Å². The van der Waals surface area contributed by atoms with E-state index in [-0.39, 0.29) is 5.91 Å². The van der Waals surface area contributed by atoms with Crippen LogP contribution in [-0.4, -0.2) is 11.7 Å². The third-order valence-corrected chi connectivity index (χ3v) is 3.30. The highest BCUT2D eigenvalue weighted by Crippen LogP contribution is 2.20. The van der Waals surface area contributed by atoms with E-state index >= 15 is 0 Å². The number of nitrogens with one attached hydrogen (secondary N) is 1. The number of thioether (sulfide) groups is 1. The normalized spacial score (nSPS) is 10.4. The molecule has 5 heteroatoms. The molecular weight excluding hydrogens is 224 g/mol. The second-order valence-corrected chi connectivity index (χ2v) is 4.67. The van der Waals surface area contributed by atoms with E-state index in [0.29, 0.717) is 11.3 Å². The molecule has 0 fully saturated rings. The summed E-state index contributed by atoms with van der Waals surface area (Å²) in [6.07, 6.45) is 2.41. The summed E-state index contributed by atoms with van der Waals surface area (Å²) in [7, 11) is 0. The van der Waals surface area contributed by atoms with Gasteiger partial charge in [-0.25, -0.2) is 5.84 Å². The molecule has 1 heterocycles. The molecule has 0 bridgehead atoms. The summed E-state index contributed by atoms with van der Waals surface area (Å²) < 4.78 is 5.48. The molecule has 0 spiro atoms. The highest BCUT2D eigenvalue weighted by molar-refractivity contribution is 7.98. The molecule has 0 aliphatic heterocycles. The van der Waals surface area contributed by atoms with Gasteiger partial charge in [0.05, 0.1) is 11.3 Å². The molecule has 90 valence electrons. The highest BCUT2D eigenvalue weighted by atomic mass is 32.2. The van der Waals surface area contributed by atoms with Crippen LogP contribution in [0.5, 0.6) is 0 Å². The molecule has 4 nitrogen and oxygen atoms in total. The fourth-order valence-electron chi connectivity index (χ4n) is 1.34. The second kappa shape index (κ2) is 6.60. The quantitative estimate of drug-likeness (QED) is 0.347. The van der Waals surface area contributed by atoms with Gasteiger partial charge in [-0.2, -0.15) is 11.8 Å². The van der Waals surface area contributed by atoms with Gasteiger partial charge in [0.15, 0.2) is 0 Å². The van der Waals surface area contributed by atoms with Crippen molar-refractivity contribution in [1.29, 1.82) is 0 Å². The monoisotopic (exact) mass is 242 g/mol. The maximum absolute atomic E-state index is 11.3. The highest BCUT2D eigenvalue weighted by Gasteiger charge is 2.13. The maximum Gasteiger partial charge on any atom is 0.268 e. The van der Waals surface area contributed by atoms with Gasteiger partial charge in [-0.1, -0.05) is 13.3 Å². The van der Waals surface area contributed by atoms with E-state index < -0.39 is 0 Å². The topological polar surface area (TPSA) is 68.3 Å². The minimum absolute atomic E-state index is 0.300. The molecule has 0 unspecified atom stereocenters. The molecule has 0 saturated heterocycles. The molecule has 0 radical (unpaired) electrons. The van der Waals surface area contributed by atoms with Crippen LogP contribution >= 0.6 is 11.8 Å². The van der Waals surface area contributed by atoms with Crippen LogP contribution in [0.1, 0.15) is 41.6 Å². The van der Waals surface area contributed by atoms with Gasteiger partial charge in [-0.15, -0.1) is 0 Å². The molecule has 0 aliphatic rings. The van der Waals surface area contributed by atoms with E-state index in [4.69, 9.17) is 10.3 Å². The lowest BCUT2D eigenvalue weighted by Crippen LogP contribution is -2.30. The van der Waals surface area contributed by atoms with E-state index in [0.717, 1.165) is 17.3 Å². The van der Waals surface area contributed by atoms with Crippen molar-refractivity contribution >= 4 is 17.7 Å². The number of amides is 1. The largest absolute Gasteiger partial charge is 0.465 e. The summed E-state index contributed by atoms with van der Waals surface area (Å²) in [4.78, 5) is 11.3. The Kier molecular flexibility index (Phi) is 5.42. The Hall–Kier alpha value is -0.940. The van der Waals surface area contributed by atoms with Gasteiger partial charge in [0.25, 0.3) is 5.91 Å². The van der Waals surface area contributed by atoms with E-state index in [1.54, 1.807) is 13.0 Å². The molecular formula is C11H18N2O2S. The Balaban J connectivity index is 2.52. The van der Waals surface area contributed by atoms with Crippen LogP contribution in [-0.2, 0) is 5.75 Å². The fraction of sp³-hybridized carbons (Fsp3) is 0.545. The molecule has 1 aromatic rings. The van der Waals surface area contributed by atoms with Gasteiger partial charge >= 0.3 is 0 Å². The number of hydrazine groups is 1. The lowest BCUT2D eigenvalue weighted by molar-refractivity contribution is 0.0952. The SMILES string of the molecule is CCCCSCc1cc(C(=O)NN)c(C)o1. The van der Waals surface area contributed by atoms with Gasteiger partial charge in [0.1, 0.15) is 11.5 Å². The predicted molar refractivity (Wildman–Crippen MR) is 66.2 cm³/mol. The first kappa shape index (κ1) is 13.1. The molecule has 1 amide bonds. The Morgan fingerprint density at radius 3 is 3.00 bits per heavy atom. The number of rotatable bonds is 6. The number of hydrogen-bond donors (Lipinski definition) is 2. The Labute approximate surface area is 99.9 Å². The standard InChI is InChI=1S/C11H18N2O2S/c1-3-4-5-16-7-9-6-10(8(2)15-9)11(14)13-12/h6H,3-5,7,12H2,1-2H3,(H,13,14). The number of aryl methyl sites for hydroxylation is 1. The molecule has 16 heavy (non-hydrogen) atoms. The van der Waals surface area contributed by atoms with Crippen LogP contribution in [0.25, 0.3) is 0 Å². The Bertz CT molecular complexity index is 350. The van der Waals surface area contributed by atoms with Gasteiger partial charge in [0, 0.05) is 0 Å². The minimum Gasteiger partial charge on any atom is -0.465 e. The molecule has 0 aromatic carbocycles. The zero-order valence-corrected chi connectivity index (χ0v) is 10.5. The number of carbonyl (C=O) groups is 1. The number of nitrogen functional groups attached to an aromatic ring is 1. The van der Waals surface area contributed by atoms with Crippen molar-refractivity contribution < 1.29 is 9.21 Å². The first-order valence-corrected chi connectivity index (χ1v) is 6.52. The lowest BCUT2D eigenvalue weighted by Gasteiger charge is -1.96. The zero-order valence-electron chi connectivity index (χ0n) is 9.71. The Morgan fingerprint density at radius 1 is 1.62 bits per heavy atom. The summed E-state index contributed by atoms with van der Waals surface area (Å²) in [6, 6.07) is 1.76. The first-order valence-electron chi connectivity index (χ1n) is 5.37. The van der Waals surface area contributed by atoms with Gasteiger partial charge in [0.2, 0.25) is 0 Å². The minimum atomic E-state index is -0.300. The molecule has 0 aliphatic carbocycles. The average Bonchev–Trinajstić information content (AvgIpc) is 2.65. The molecule has 3 N–H and O–H groups in total. The van der Waals surface area contributed by atoms with Crippen molar-refractivity contribution in [2.24, 2.45) is 5.84 Å². The van der Waals surface area contributed by atoms with Gasteiger partial charge < -0.3 is 4.42 Å². The maximum atomic E-state index is 11.3. The third-order valence-electron chi connectivity index (χ3n) is 2.23. The van der Waals surface area contributed by atoms with E-state index in [1.807, 2.05) is 11.8 Å². The van der Waals surface area contributed by atoms with Crippen LogP contribution in [0.4, 0.5) is 0 Å². The van der Waals surface area contributed by atoms with E-state index in [2.05, 4.69) is 12.3 Å². The fourth-order valence-corrected chi connectivity index (χ4v) is 2.32. The van der Waals surface area contributed by atoms with Crippen molar-refractivity contribution in [3.63, 3.8) is 0 Å². The van der Waals surface area contributed by atoms with Crippen LogP contribution < -0.4 is 11.3 Å². The average molecular weight is 242 g/mol. The van der Waals surface area contributed by atoms with Crippen LogP contribution in [0, 0.1) is 6.92 Å². The van der Waals surface area contributed by atoms with Gasteiger partial charge in [-0.05, 0) is 25.2 Å². The zero-order chi connectivity index (χ0) is 12.0. The summed E-state index contributed by atoms with van der Waals surface area (Å²) >= 11 is 1.82. The smallest absolute Gasteiger partial charge is 0.268 e. The number of carbonyl (C=O) groups excluding carboxylic acids is 1. The summed E-state index contributed by atoms with van der Waals surface area (Å²) in [5.41, 5.74) is 2.63. The van der Waals surface area contributed by atoms with E-state index in [1.165, 1.54) is 12.8 Å². The van der Waals surface area contributed by atoms with Crippen LogP contribution in [0.15, 0.2) is 10.5 Å². The Morgan fingerprint density at radius 2 is 2.38 bits per heavy atom. The summed E-state index contributed by atoms with van der Waals surface area (Å²) in [5.74, 6) is 8.15.